The summed E-state index contributed by atoms with van der Waals surface area (Å²) in [6, 6.07) is 16.2. The second kappa shape index (κ2) is 6.65. The Morgan fingerprint density at radius 1 is 1.07 bits per heavy atom. The molecule has 0 saturated carbocycles. The van der Waals surface area contributed by atoms with Gasteiger partial charge in [-0.15, -0.1) is 0 Å². The van der Waals surface area contributed by atoms with Gasteiger partial charge in [0.25, 0.3) is 5.79 Å². The number of rotatable bonds is 4. The third-order valence-electron chi connectivity index (χ3n) is 5.07. The topological polar surface area (TPSA) is 85.5 Å². The van der Waals surface area contributed by atoms with Gasteiger partial charge in [-0.05, 0) is 36.8 Å². The number of aliphatic hydroxyl groups is 1. The Hall–Kier alpha value is -3.29. The van der Waals surface area contributed by atoms with Crippen molar-refractivity contribution in [3.8, 4) is 0 Å². The number of hydrogen-bond donors (Lipinski definition) is 1. The lowest BCUT2D eigenvalue weighted by atomic mass is 9.89. The maximum atomic E-state index is 12.9. The van der Waals surface area contributed by atoms with Crippen molar-refractivity contribution in [2.75, 3.05) is 0 Å². The molecule has 1 unspecified atom stereocenters. The van der Waals surface area contributed by atoms with Crippen LogP contribution < -0.4 is 0 Å². The van der Waals surface area contributed by atoms with E-state index in [1.54, 1.807) is 42.7 Å². The highest BCUT2D eigenvalue weighted by Gasteiger charge is 2.48. The van der Waals surface area contributed by atoms with Gasteiger partial charge in [-0.1, -0.05) is 35.9 Å². The van der Waals surface area contributed by atoms with Crippen molar-refractivity contribution in [3.05, 3.63) is 88.9 Å². The van der Waals surface area contributed by atoms with Gasteiger partial charge >= 0.3 is 5.97 Å². The Balaban J connectivity index is 1.71. The van der Waals surface area contributed by atoms with Gasteiger partial charge in [0.05, 0.1) is 23.6 Å². The van der Waals surface area contributed by atoms with Crippen LogP contribution >= 0.6 is 11.7 Å². The number of esters is 1. The normalized spacial score (nSPS) is 19.2. The van der Waals surface area contributed by atoms with E-state index in [-0.39, 0.29) is 6.42 Å². The first kappa shape index (κ1) is 17.8. The fourth-order valence-electron chi connectivity index (χ4n) is 3.58. The van der Waals surface area contributed by atoms with Crippen LogP contribution in [0.4, 0.5) is 0 Å². The summed E-state index contributed by atoms with van der Waals surface area (Å²) in [4.78, 5) is 12.9. The van der Waals surface area contributed by atoms with E-state index in [2.05, 4.69) is 8.75 Å². The predicted octanol–water partition coefficient (Wildman–Crippen LogP) is 3.99. The molecule has 0 bridgehead atoms. The molecule has 0 fully saturated rings. The number of benzene rings is 2. The number of hydrogen-bond acceptors (Lipinski definition) is 7. The molecule has 0 aliphatic carbocycles. The van der Waals surface area contributed by atoms with Crippen LogP contribution in [0.3, 0.4) is 0 Å². The van der Waals surface area contributed by atoms with Crippen molar-refractivity contribution in [3.63, 3.8) is 0 Å². The minimum Gasteiger partial charge on any atom is -0.469 e. The van der Waals surface area contributed by atoms with Crippen molar-refractivity contribution in [2.45, 2.75) is 19.1 Å². The number of ether oxygens (including phenoxy) is 1. The van der Waals surface area contributed by atoms with Gasteiger partial charge in [-0.2, -0.15) is 8.75 Å². The average Bonchev–Trinajstić information content (AvgIpc) is 3.43. The van der Waals surface area contributed by atoms with Crippen LogP contribution in [0, 0.1) is 6.92 Å². The Labute approximate surface area is 170 Å². The second-order valence-electron chi connectivity index (χ2n) is 6.98. The lowest BCUT2D eigenvalue weighted by Gasteiger charge is -2.25. The van der Waals surface area contributed by atoms with E-state index in [1.807, 2.05) is 25.1 Å². The third-order valence-corrected chi connectivity index (χ3v) is 5.63. The van der Waals surface area contributed by atoms with Crippen LogP contribution in [0.25, 0.3) is 16.6 Å². The lowest BCUT2D eigenvalue weighted by molar-refractivity contribution is -0.185. The van der Waals surface area contributed by atoms with E-state index < -0.39 is 11.8 Å². The minimum absolute atomic E-state index is 0.228. The zero-order chi connectivity index (χ0) is 20.0. The summed E-state index contributed by atoms with van der Waals surface area (Å²) in [5.74, 6) is -1.84. The van der Waals surface area contributed by atoms with Crippen molar-refractivity contribution >= 4 is 34.3 Å². The SMILES string of the molecule is Cc1ccc(C2(O)OC(=O)C(c3ccc4nsnc4c3)=C2Cc2ccco2)cc1. The number of aryl methyl sites for hydroxylation is 1. The number of carbonyl (C=O) groups excluding carboxylic acids is 1. The summed E-state index contributed by atoms with van der Waals surface area (Å²) >= 11 is 1.11. The summed E-state index contributed by atoms with van der Waals surface area (Å²) in [5, 5.41) is 11.5. The van der Waals surface area contributed by atoms with Gasteiger partial charge in [-0.25, -0.2) is 4.79 Å². The van der Waals surface area contributed by atoms with Crippen molar-refractivity contribution in [1.29, 1.82) is 0 Å². The van der Waals surface area contributed by atoms with Crippen LogP contribution in [-0.4, -0.2) is 19.8 Å². The highest BCUT2D eigenvalue weighted by atomic mass is 32.1. The number of cyclic esters (lactones) is 1. The molecule has 2 aromatic heterocycles. The molecule has 2 aromatic carbocycles. The number of aromatic nitrogens is 2. The molecule has 0 radical (unpaired) electrons. The first-order chi connectivity index (χ1) is 14.0. The average molecular weight is 404 g/mol. The number of fused-ring (bicyclic) bond motifs is 1. The fraction of sp³-hybridized carbons (Fsp3) is 0.136. The highest BCUT2D eigenvalue weighted by molar-refractivity contribution is 7.00. The smallest absolute Gasteiger partial charge is 0.342 e. The van der Waals surface area contributed by atoms with Gasteiger partial charge in [0.2, 0.25) is 0 Å². The van der Waals surface area contributed by atoms with E-state index in [9.17, 15) is 9.90 Å². The molecule has 29 heavy (non-hydrogen) atoms. The van der Waals surface area contributed by atoms with Crippen molar-refractivity contribution in [2.24, 2.45) is 0 Å². The number of furan rings is 1. The molecular formula is C22H16N2O4S. The van der Waals surface area contributed by atoms with Crippen molar-refractivity contribution < 1.29 is 19.1 Å². The molecule has 1 aliphatic heterocycles. The van der Waals surface area contributed by atoms with E-state index in [1.165, 1.54) is 0 Å². The van der Waals surface area contributed by atoms with Gasteiger partial charge < -0.3 is 14.3 Å². The lowest BCUT2D eigenvalue weighted by Crippen LogP contribution is -2.29. The molecular weight excluding hydrogens is 388 g/mol. The monoisotopic (exact) mass is 404 g/mol. The zero-order valence-corrected chi connectivity index (χ0v) is 16.3. The Morgan fingerprint density at radius 3 is 2.62 bits per heavy atom. The molecule has 0 amide bonds. The van der Waals surface area contributed by atoms with Gasteiger partial charge in [-0.3, -0.25) is 0 Å². The minimum atomic E-state index is -1.87. The Kier molecular flexibility index (Phi) is 4.08. The molecule has 0 spiro atoms. The maximum absolute atomic E-state index is 12.9. The molecule has 6 nitrogen and oxygen atoms in total. The van der Waals surface area contributed by atoms with Crippen LogP contribution in [0.2, 0.25) is 0 Å². The van der Waals surface area contributed by atoms with Crippen LogP contribution in [0.5, 0.6) is 0 Å². The van der Waals surface area contributed by atoms with Crippen LogP contribution in [0.1, 0.15) is 22.5 Å². The Morgan fingerprint density at radius 2 is 1.86 bits per heavy atom. The maximum Gasteiger partial charge on any atom is 0.342 e. The molecule has 5 rings (SSSR count). The van der Waals surface area contributed by atoms with Gasteiger partial charge in [0, 0.05) is 17.6 Å². The molecule has 0 saturated heterocycles. The van der Waals surface area contributed by atoms with Crippen LogP contribution in [0.15, 0.2) is 70.9 Å². The van der Waals surface area contributed by atoms with Crippen molar-refractivity contribution in [1.82, 2.24) is 8.75 Å². The van der Waals surface area contributed by atoms with E-state index in [4.69, 9.17) is 9.15 Å². The quantitative estimate of drug-likeness (QED) is 0.518. The zero-order valence-electron chi connectivity index (χ0n) is 15.5. The second-order valence-corrected chi connectivity index (χ2v) is 7.51. The first-order valence-electron chi connectivity index (χ1n) is 9.06. The third kappa shape index (κ3) is 2.95. The molecule has 1 atom stereocenters. The molecule has 1 aliphatic rings. The Bertz CT molecular complexity index is 1240. The highest BCUT2D eigenvalue weighted by Crippen LogP contribution is 2.44. The summed E-state index contributed by atoms with van der Waals surface area (Å²) < 4.78 is 19.5. The fourth-order valence-corrected chi connectivity index (χ4v) is 4.09. The summed E-state index contributed by atoms with van der Waals surface area (Å²) in [6.45, 7) is 1.95. The largest absolute Gasteiger partial charge is 0.469 e. The van der Waals surface area contributed by atoms with E-state index in [0.29, 0.717) is 33.6 Å². The summed E-state index contributed by atoms with van der Waals surface area (Å²) in [7, 11) is 0. The number of carbonyl (C=O) groups is 1. The first-order valence-corrected chi connectivity index (χ1v) is 9.79. The predicted molar refractivity (Wildman–Crippen MR) is 108 cm³/mol. The molecule has 1 N–H and O–H groups in total. The summed E-state index contributed by atoms with van der Waals surface area (Å²) in [5.41, 5.74) is 4.36. The summed E-state index contributed by atoms with van der Waals surface area (Å²) in [6.07, 6.45) is 1.79. The molecule has 3 heterocycles. The molecule has 4 aromatic rings. The molecule has 7 heteroatoms. The standard InChI is InChI=1S/C22H16N2O4S/c1-13-4-7-15(8-5-13)22(26)17(12-16-3-2-10-27-16)20(21(25)28-22)14-6-9-18-19(11-14)24-29-23-18/h2-11,26H,12H2,1H3. The number of nitrogens with zero attached hydrogens (tertiary/aromatic N) is 2. The van der Waals surface area contributed by atoms with Crippen LogP contribution in [-0.2, 0) is 21.7 Å². The van der Waals surface area contributed by atoms with Gasteiger partial charge in [0.1, 0.15) is 16.8 Å². The molecule has 144 valence electrons. The van der Waals surface area contributed by atoms with E-state index in [0.717, 1.165) is 22.8 Å². The van der Waals surface area contributed by atoms with Gasteiger partial charge in [0.15, 0.2) is 0 Å². The van der Waals surface area contributed by atoms with E-state index >= 15 is 0 Å².